The van der Waals surface area contributed by atoms with Gasteiger partial charge in [0.25, 0.3) is 0 Å². The third-order valence-electron chi connectivity index (χ3n) is 4.78. The number of rotatable bonds is 4. The second-order valence-corrected chi connectivity index (χ2v) is 8.23. The highest BCUT2D eigenvalue weighted by molar-refractivity contribution is 7.89. The number of hydrogen-bond acceptors (Lipinski definition) is 5. The van der Waals surface area contributed by atoms with Crippen LogP contribution in [0.5, 0.6) is 5.75 Å². The molecule has 7 nitrogen and oxygen atoms in total. The van der Waals surface area contributed by atoms with Gasteiger partial charge in [0.1, 0.15) is 11.8 Å². The molecule has 138 valence electrons. The van der Waals surface area contributed by atoms with Crippen molar-refractivity contribution in [3.05, 3.63) is 23.8 Å². The summed E-state index contributed by atoms with van der Waals surface area (Å²) in [5.41, 5.74) is 0.749. The Balaban J connectivity index is 1.85. The molecule has 0 aliphatic carbocycles. The summed E-state index contributed by atoms with van der Waals surface area (Å²) in [6.07, 6.45) is 1.25. The van der Waals surface area contributed by atoms with Crippen LogP contribution in [-0.4, -0.2) is 69.5 Å². The first-order valence-electron chi connectivity index (χ1n) is 8.48. The maximum atomic E-state index is 13.1. The van der Waals surface area contributed by atoms with Gasteiger partial charge in [0.2, 0.25) is 15.9 Å². The minimum Gasteiger partial charge on any atom is -0.496 e. The third kappa shape index (κ3) is 3.51. The molecule has 2 heterocycles. The fourth-order valence-electron chi connectivity index (χ4n) is 3.42. The van der Waals surface area contributed by atoms with Crippen molar-refractivity contribution in [1.82, 2.24) is 9.21 Å². The first kappa shape index (κ1) is 18.2. The van der Waals surface area contributed by atoms with Crippen LogP contribution in [0.3, 0.4) is 0 Å². The normalized spacial score (nSPS) is 22.2. The van der Waals surface area contributed by atoms with Gasteiger partial charge in [-0.2, -0.15) is 4.31 Å². The number of morpholine rings is 1. The second kappa shape index (κ2) is 7.31. The number of nitrogens with zero attached hydrogens (tertiary/aromatic N) is 2. The van der Waals surface area contributed by atoms with Crippen molar-refractivity contribution in [2.75, 3.05) is 40.0 Å². The standard InChI is InChI=1S/C17H24N2O5S/c1-13-12-14(5-6-16(13)23-2)25(21,22)19-7-3-4-15(19)17(20)18-8-10-24-11-9-18/h5-6,12,15H,3-4,7-11H2,1-2H3/t15-/m1/s1. The van der Waals surface area contributed by atoms with E-state index in [2.05, 4.69) is 0 Å². The zero-order chi connectivity index (χ0) is 18.0. The number of carbonyl (C=O) groups excluding carboxylic acids is 1. The summed E-state index contributed by atoms with van der Waals surface area (Å²) in [7, 11) is -2.17. The molecule has 0 aromatic heterocycles. The van der Waals surface area contributed by atoms with E-state index >= 15 is 0 Å². The van der Waals surface area contributed by atoms with Crippen molar-refractivity contribution >= 4 is 15.9 Å². The van der Waals surface area contributed by atoms with E-state index in [-0.39, 0.29) is 10.8 Å². The molecule has 1 aromatic rings. The molecule has 0 saturated carbocycles. The van der Waals surface area contributed by atoms with E-state index in [9.17, 15) is 13.2 Å². The molecule has 8 heteroatoms. The Morgan fingerprint density at radius 1 is 1.24 bits per heavy atom. The number of benzene rings is 1. The predicted molar refractivity (Wildman–Crippen MR) is 92.0 cm³/mol. The molecule has 1 atom stereocenters. The van der Waals surface area contributed by atoms with Crippen LogP contribution in [0.2, 0.25) is 0 Å². The van der Waals surface area contributed by atoms with Crippen molar-refractivity contribution in [2.24, 2.45) is 0 Å². The van der Waals surface area contributed by atoms with E-state index in [1.54, 1.807) is 31.1 Å². The zero-order valence-electron chi connectivity index (χ0n) is 14.6. The molecule has 0 bridgehead atoms. The Morgan fingerprint density at radius 2 is 1.96 bits per heavy atom. The number of methoxy groups -OCH3 is 1. The molecule has 1 aromatic carbocycles. The van der Waals surface area contributed by atoms with Gasteiger partial charge in [0, 0.05) is 19.6 Å². The van der Waals surface area contributed by atoms with Gasteiger partial charge in [-0.05, 0) is 43.5 Å². The summed E-state index contributed by atoms with van der Waals surface area (Å²) in [4.78, 5) is 14.7. The molecular weight excluding hydrogens is 344 g/mol. The Morgan fingerprint density at radius 3 is 2.60 bits per heavy atom. The van der Waals surface area contributed by atoms with Gasteiger partial charge in [-0.15, -0.1) is 0 Å². The molecule has 2 fully saturated rings. The Kier molecular flexibility index (Phi) is 5.31. The van der Waals surface area contributed by atoms with Gasteiger partial charge in [0.05, 0.1) is 25.2 Å². The lowest BCUT2D eigenvalue weighted by atomic mass is 10.2. The van der Waals surface area contributed by atoms with Gasteiger partial charge in [-0.25, -0.2) is 8.42 Å². The average molecular weight is 368 g/mol. The Labute approximate surface area is 148 Å². The largest absolute Gasteiger partial charge is 0.496 e. The molecule has 0 unspecified atom stereocenters. The number of carbonyl (C=O) groups is 1. The lowest BCUT2D eigenvalue weighted by Gasteiger charge is -2.32. The molecule has 25 heavy (non-hydrogen) atoms. The Hall–Kier alpha value is -1.64. The third-order valence-corrected chi connectivity index (χ3v) is 6.69. The van der Waals surface area contributed by atoms with Crippen LogP contribution in [0.25, 0.3) is 0 Å². The Bertz CT molecular complexity index is 743. The molecule has 0 spiro atoms. The van der Waals surface area contributed by atoms with E-state index in [0.717, 1.165) is 5.56 Å². The molecule has 3 rings (SSSR count). The van der Waals surface area contributed by atoms with E-state index in [1.807, 2.05) is 0 Å². The zero-order valence-corrected chi connectivity index (χ0v) is 15.4. The van der Waals surface area contributed by atoms with Crippen LogP contribution < -0.4 is 4.74 Å². The fourth-order valence-corrected chi connectivity index (χ4v) is 5.15. The van der Waals surface area contributed by atoms with Crippen molar-refractivity contribution in [2.45, 2.75) is 30.7 Å². The van der Waals surface area contributed by atoms with Crippen molar-refractivity contribution in [3.63, 3.8) is 0 Å². The molecule has 0 radical (unpaired) electrons. The molecule has 2 aliphatic rings. The van der Waals surface area contributed by atoms with E-state index in [0.29, 0.717) is 51.4 Å². The highest BCUT2D eigenvalue weighted by atomic mass is 32.2. The maximum absolute atomic E-state index is 13.1. The van der Waals surface area contributed by atoms with Crippen LogP contribution in [-0.2, 0) is 19.6 Å². The number of amides is 1. The second-order valence-electron chi connectivity index (χ2n) is 6.34. The molecule has 2 saturated heterocycles. The lowest BCUT2D eigenvalue weighted by Crippen LogP contribution is -2.50. The molecule has 2 aliphatic heterocycles. The van der Waals surface area contributed by atoms with Crippen LogP contribution in [0.15, 0.2) is 23.1 Å². The van der Waals surface area contributed by atoms with Gasteiger partial charge >= 0.3 is 0 Å². The van der Waals surface area contributed by atoms with E-state index in [4.69, 9.17) is 9.47 Å². The van der Waals surface area contributed by atoms with Crippen LogP contribution >= 0.6 is 0 Å². The smallest absolute Gasteiger partial charge is 0.243 e. The SMILES string of the molecule is COc1ccc(S(=O)(=O)N2CCC[C@@H]2C(=O)N2CCOCC2)cc1C. The molecule has 1 amide bonds. The van der Waals surface area contributed by atoms with Gasteiger partial charge < -0.3 is 14.4 Å². The maximum Gasteiger partial charge on any atom is 0.243 e. The summed E-state index contributed by atoms with van der Waals surface area (Å²) in [5.74, 6) is 0.524. The first-order chi connectivity index (χ1) is 11.9. The van der Waals surface area contributed by atoms with Gasteiger partial charge in [-0.3, -0.25) is 4.79 Å². The number of aryl methyl sites for hydroxylation is 1. The number of hydrogen-bond donors (Lipinski definition) is 0. The summed E-state index contributed by atoms with van der Waals surface area (Å²) >= 11 is 0. The molecular formula is C17H24N2O5S. The summed E-state index contributed by atoms with van der Waals surface area (Å²) in [6, 6.07) is 4.17. The monoisotopic (exact) mass is 368 g/mol. The highest BCUT2D eigenvalue weighted by Crippen LogP contribution is 2.29. The van der Waals surface area contributed by atoms with Crippen molar-refractivity contribution in [3.8, 4) is 5.75 Å². The van der Waals surface area contributed by atoms with Crippen LogP contribution in [0.4, 0.5) is 0 Å². The average Bonchev–Trinajstić information content (AvgIpc) is 3.12. The minimum atomic E-state index is -3.72. The van der Waals surface area contributed by atoms with Crippen molar-refractivity contribution < 1.29 is 22.7 Å². The summed E-state index contributed by atoms with van der Waals surface area (Å²) < 4.78 is 38.0. The minimum absolute atomic E-state index is 0.116. The first-order valence-corrected chi connectivity index (χ1v) is 9.92. The quantitative estimate of drug-likeness (QED) is 0.793. The van der Waals surface area contributed by atoms with Crippen LogP contribution in [0, 0.1) is 6.92 Å². The van der Waals surface area contributed by atoms with E-state index in [1.165, 1.54) is 10.4 Å². The lowest BCUT2D eigenvalue weighted by molar-refractivity contribution is -0.138. The van der Waals surface area contributed by atoms with Crippen LogP contribution in [0.1, 0.15) is 18.4 Å². The summed E-state index contributed by atoms with van der Waals surface area (Å²) in [6.45, 7) is 4.22. The number of sulfonamides is 1. The predicted octanol–water partition coefficient (Wildman–Crippen LogP) is 1.02. The fraction of sp³-hybridized carbons (Fsp3) is 0.588. The van der Waals surface area contributed by atoms with Gasteiger partial charge in [-0.1, -0.05) is 0 Å². The highest BCUT2D eigenvalue weighted by Gasteiger charge is 2.41. The molecule has 0 N–H and O–H groups in total. The number of ether oxygens (including phenoxy) is 2. The van der Waals surface area contributed by atoms with Gasteiger partial charge in [0.15, 0.2) is 0 Å². The summed E-state index contributed by atoms with van der Waals surface area (Å²) in [5, 5.41) is 0. The topological polar surface area (TPSA) is 76.2 Å². The van der Waals surface area contributed by atoms with E-state index < -0.39 is 16.1 Å². The van der Waals surface area contributed by atoms with Crippen molar-refractivity contribution in [1.29, 1.82) is 0 Å².